The molecule has 62 valence electrons. The molecule has 0 N–H and O–H groups in total. The number of carbonyl (C=O) groups is 1. The third-order valence-electron chi connectivity index (χ3n) is 1.13. The predicted molar refractivity (Wildman–Crippen MR) is 44.4 cm³/mol. The SMILES string of the molecule is O=NC(=O)c1cnc(Cl)cc1Cl. The summed E-state index contributed by atoms with van der Waals surface area (Å²) in [5.74, 6) is -0.954. The van der Waals surface area contributed by atoms with Gasteiger partial charge in [-0.15, -0.1) is 4.91 Å². The third kappa shape index (κ3) is 1.78. The maximum atomic E-state index is 10.7. The number of halogens is 2. The third-order valence-corrected chi connectivity index (χ3v) is 1.65. The minimum Gasteiger partial charge on any atom is -0.263 e. The molecule has 4 nitrogen and oxygen atoms in total. The highest BCUT2D eigenvalue weighted by Gasteiger charge is 2.11. The van der Waals surface area contributed by atoms with Crippen molar-refractivity contribution in [2.45, 2.75) is 0 Å². The van der Waals surface area contributed by atoms with Gasteiger partial charge in [0.2, 0.25) is 0 Å². The van der Waals surface area contributed by atoms with E-state index in [1.54, 1.807) is 0 Å². The molecule has 1 amide bonds. The Hall–Kier alpha value is -1.000. The molecule has 0 fully saturated rings. The van der Waals surface area contributed by atoms with E-state index in [4.69, 9.17) is 23.2 Å². The average Bonchev–Trinajstić information content (AvgIpc) is 2.03. The second-order valence-corrected chi connectivity index (χ2v) is 2.68. The van der Waals surface area contributed by atoms with E-state index in [9.17, 15) is 9.70 Å². The standard InChI is InChI=1S/C6H2Cl2N2O2/c7-4-1-5(8)9-2-3(4)6(11)10-12/h1-2H. The van der Waals surface area contributed by atoms with Gasteiger partial charge in [-0.05, 0) is 6.07 Å². The number of nitrogens with zero attached hydrogens (tertiary/aromatic N) is 2. The zero-order valence-corrected chi connectivity index (χ0v) is 7.13. The molecule has 0 aliphatic carbocycles. The number of nitroso groups, excluding NO2 is 1. The van der Waals surface area contributed by atoms with Crippen LogP contribution in [-0.4, -0.2) is 10.9 Å². The van der Waals surface area contributed by atoms with Gasteiger partial charge in [-0.25, -0.2) is 4.98 Å². The number of amides is 1. The Morgan fingerprint density at radius 3 is 2.67 bits per heavy atom. The van der Waals surface area contributed by atoms with Gasteiger partial charge in [0, 0.05) is 11.4 Å². The van der Waals surface area contributed by atoms with Crippen LogP contribution in [0.4, 0.5) is 0 Å². The van der Waals surface area contributed by atoms with Gasteiger partial charge in [-0.1, -0.05) is 23.2 Å². The highest BCUT2D eigenvalue weighted by atomic mass is 35.5. The minimum absolute atomic E-state index is 0.0453. The lowest BCUT2D eigenvalue weighted by Crippen LogP contribution is -1.95. The first-order valence-corrected chi connectivity index (χ1v) is 3.59. The molecular weight excluding hydrogens is 203 g/mol. The quantitative estimate of drug-likeness (QED) is 0.521. The van der Waals surface area contributed by atoms with E-state index in [0.29, 0.717) is 0 Å². The van der Waals surface area contributed by atoms with E-state index in [1.807, 2.05) is 0 Å². The molecule has 0 unspecified atom stereocenters. The van der Waals surface area contributed by atoms with Crippen LogP contribution in [0.15, 0.2) is 17.4 Å². The summed E-state index contributed by atoms with van der Waals surface area (Å²) in [4.78, 5) is 24.1. The Kier molecular flexibility index (Phi) is 2.73. The number of aromatic nitrogens is 1. The van der Waals surface area contributed by atoms with Crippen molar-refractivity contribution in [3.8, 4) is 0 Å². The summed E-state index contributed by atoms with van der Waals surface area (Å²) >= 11 is 11.0. The zero-order valence-electron chi connectivity index (χ0n) is 5.62. The van der Waals surface area contributed by atoms with Crippen molar-refractivity contribution in [2.75, 3.05) is 0 Å². The van der Waals surface area contributed by atoms with Crippen molar-refractivity contribution < 1.29 is 4.79 Å². The smallest absolute Gasteiger partial charge is 0.263 e. The lowest BCUT2D eigenvalue weighted by Gasteiger charge is -1.95. The lowest BCUT2D eigenvalue weighted by atomic mass is 10.3. The van der Waals surface area contributed by atoms with E-state index in [1.165, 1.54) is 6.07 Å². The largest absolute Gasteiger partial charge is 0.319 e. The van der Waals surface area contributed by atoms with Crippen LogP contribution in [0.2, 0.25) is 10.2 Å². The molecule has 0 atom stereocenters. The summed E-state index contributed by atoms with van der Waals surface area (Å²) in [6.07, 6.45) is 1.11. The predicted octanol–water partition coefficient (Wildman–Crippen LogP) is 2.29. The first-order valence-electron chi connectivity index (χ1n) is 2.84. The summed E-state index contributed by atoms with van der Waals surface area (Å²) in [5.41, 5.74) is -0.0453. The summed E-state index contributed by atoms with van der Waals surface area (Å²) in [6, 6.07) is 1.27. The number of hydrogen-bond acceptors (Lipinski definition) is 3. The highest BCUT2D eigenvalue weighted by molar-refractivity contribution is 6.36. The van der Waals surface area contributed by atoms with Crippen molar-refractivity contribution in [2.24, 2.45) is 5.18 Å². The molecule has 1 heterocycles. The maximum Gasteiger partial charge on any atom is 0.319 e. The molecule has 6 heteroatoms. The molecule has 0 aromatic carbocycles. The van der Waals surface area contributed by atoms with Crippen LogP contribution in [-0.2, 0) is 0 Å². The molecule has 1 rings (SSSR count). The monoisotopic (exact) mass is 204 g/mol. The second-order valence-electron chi connectivity index (χ2n) is 1.88. The summed E-state index contributed by atoms with van der Waals surface area (Å²) in [6.45, 7) is 0. The Bertz CT molecular complexity index is 340. The molecular formula is C6H2Cl2N2O2. The number of pyridine rings is 1. The second kappa shape index (κ2) is 3.60. The van der Waals surface area contributed by atoms with E-state index in [2.05, 4.69) is 10.2 Å². The molecule has 0 spiro atoms. The first-order chi connectivity index (χ1) is 5.65. The molecule has 0 radical (unpaired) electrons. The Morgan fingerprint density at radius 1 is 1.50 bits per heavy atom. The van der Waals surface area contributed by atoms with E-state index < -0.39 is 5.91 Å². The van der Waals surface area contributed by atoms with E-state index in [0.717, 1.165) is 6.20 Å². The van der Waals surface area contributed by atoms with Crippen LogP contribution in [0.25, 0.3) is 0 Å². The zero-order chi connectivity index (χ0) is 9.14. The fourth-order valence-electron chi connectivity index (χ4n) is 0.614. The minimum atomic E-state index is -0.954. The molecule has 0 aliphatic rings. The fraction of sp³-hybridized carbons (Fsp3) is 0. The number of carbonyl (C=O) groups excluding carboxylic acids is 1. The summed E-state index contributed by atoms with van der Waals surface area (Å²) < 4.78 is 0. The maximum absolute atomic E-state index is 10.7. The molecule has 0 bridgehead atoms. The summed E-state index contributed by atoms with van der Waals surface area (Å²) in [5, 5.41) is 2.42. The van der Waals surface area contributed by atoms with Crippen molar-refractivity contribution in [1.82, 2.24) is 4.98 Å². The van der Waals surface area contributed by atoms with Crippen LogP contribution in [0.1, 0.15) is 10.4 Å². The van der Waals surface area contributed by atoms with Crippen LogP contribution < -0.4 is 0 Å². The van der Waals surface area contributed by atoms with Crippen molar-refractivity contribution in [3.05, 3.63) is 32.9 Å². The number of hydrogen-bond donors (Lipinski definition) is 0. The Balaban J connectivity index is 3.18. The number of rotatable bonds is 1. The summed E-state index contributed by atoms with van der Waals surface area (Å²) in [7, 11) is 0. The normalized spacial score (nSPS) is 9.50. The fourth-order valence-corrected chi connectivity index (χ4v) is 1.06. The van der Waals surface area contributed by atoms with Gasteiger partial charge in [0.05, 0.1) is 10.6 Å². The van der Waals surface area contributed by atoms with Crippen LogP contribution in [0.3, 0.4) is 0 Å². The molecule has 1 aromatic heterocycles. The van der Waals surface area contributed by atoms with Gasteiger partial charge in [-0.3, -0.25) is 4.79 Å². The Labute approximate surface area is 77.5 Å². The first kappa shape index (κ1) is 9.09. The van der Waals surface area contributed by atoms with Gasteiger partial charge < -0.3 is 0 Å². The van der Waals surface area contributed by atoms with Crippen LogP contribution in [0.5, 0.6) is 0 Å². The van der Waals surface area contributed by atoms with Gasteiger partial charge in [0.25, 0.3) is 0 Å². The molecule has 0 aliphatic heterocycles. The van der Waals surface area contributed by atoms with Crippen LogP contribution in [0, 0.1) is 4.91 Å². The Morgan fingerprint density at radius 2 is 2.17 bits per heavy atom. The van der Waals surface area contributed by atoms with Gasteiger partial charge in [0.1, 0.15) is 5.15 Å². The molecule has 0 saturated carbocycles. The molecule has 1 aromatic rings. The highest BCUT2D eigenvalue weighted by Crippen LogP contribution is 2.18. The van der Waals surface area contributed by atoms with Crippen molar-refractivity contribution in [1.29, 1.82) is 0 Å². The van der Waals surface area contributed by atoms with Crippen molar-refractivity contribution >= 4 is 29.1 Å². The average molecular weight is 205 g/mol. The lowest BCUT2D eigenvalue weighted by molar-refractivity contribution is 0.100. The topological polar surface area (TPSA) is 59.4 Å². The van der Waals surface area contributed by atoms with Gasteiger partial charge in [-0.2, -0.15) is 0 Å². The van der Waals surface area contributed by atoms with Gasteiger partial charge >= 0.3 is 5.91 Å². The molecule has 0 saturated heterocycles. The van der Waals surface area contributed by atoms with Gasteiger partial charge in [0.15, 0.2) is 0 Å². The van der Waals surface area contributed by atoms with E-state index in [-0.39, 0.29) is 15.7 Å². The van der Waals surface area contributed by atoms with Crippen molar-refractivity contribution in [3.63, 3.8) is 0 Å². The van der Waals surface area contributed by atoms with E-state index >= 15 is 0 Å². The molecule has 12 heavy (non-hydrogen) atoms. The van der Waals surface area contributed by atoms with Crippen LogP contribution >= 0.6 is 23.2 Å².